The lowest BCUT2D eigenvalue weighted by Crippen LogP contribution is -2.27. The fourth-order valence-corrected chi connectivity index (χ4v) is 2.35. The van der Waals surface area contributed by atoms with E-state index in [1.807, 2.05) is 24.3 Å². The summed E-state index contributed by atoms with van der Waals surface area (Å²) in [6.45, 7) is 3.21. The molecule has 5 heteroatoms. The second-order valence-electron chi connectivity index (χ2n) is 4.69. The van der Waals surface area contributed by atoms with Gasteiger partial charge in [-0.15, -0.1) is 0 Å². The van der Waals surface area contributed by atoms with Crippen molar-refractivity contribution >= 4 is 5.69 Å². The molecule has 106 valence electrons. The zero-order valence-corrected chi connectivity index (χ0v) is 11.5. The Labute approximate surface area is 114 Å². The Hall–Kier alpha value is -1.30. The summed E-state index contributed by atoms with van der Waals surface area (Å²) < 4.78 is 16.5. The molecule has 1 saturated heterocycles. The van der Waals surface area contributed by atoms with E-state index >= 15 is 0 Å². The van der Waals surface area contributed by atoms with Crippen LogP contribution >= 0.6 is 0 Å². The Morgan fingerprint density at radius 3 is 2.37 bits per heavy atom. The maximum absolute atomic E-state index is 5.82. The van der Waals surface area contributed by atoms with E-state index in [4.69, 9.17) is 19.9 Å². The molecule has 1 fully saturated rings. The average molecular weight is 266 g/mol. The summed E-state index contributed by atoms with van der Waals surface area (Å²) in [5.41, 5.74) is 6.50. The predicted octanol–water partition coefficient (Wildman–Crippen LogP) is 0.993. The molecule has 2 N–H and O–H groups in total. The zero-order chi connectivity index (χ0) is 13.7. The molecule has 1 aliphatic rings. The predicted molar refractivity (Wildman–Crippen MR) is 74.4 cm³/mol. The molecule has 0 aliphatic carbocycles. The Bertz CT molecular complexity index is 388. The summed E-state index contributed by atoms with van der Waals surface area (Å²) in [6.07, 6.45) is 0.290. The average Bonchev–Trinajstić information content (AvgIpc) is 2.83. The second-order valence-corrected chi connectivity index (χ2v) is 4.69. The number of anilines is 1. The minimum Gasteiger partial charge on any atom is -0.490 e. The van der Waals surface area contributed by atoms with Gasteiger partial charge in [-0.2, -0.15) is 0 Å². The number of ether oxygens (including phenoxy) is 3. The molecule has 0 bridgehead atoms. The van der Waals surface area contributed by atoms with Gasteiger partial charge in [0.05, 0.1) is 17.9 Å². The fraction of sp³-hybridized carbons (Fsp3) is 0.571. The smallest absolute Gasteiger partial charge is 0.142 e. The molecule has 0 spiro atoms. The zero-order valence-electron chi connectivity index (χ0n) is 11.5. The van der Waals surface area contributed by atoms with Crippen LogP contribution in [0.4, 0.5) is 5.69 Å². The van der Waals surface area contributed by atoms with Crippen molar-refractivity contribution in [3.8, 4) is 5.75 Å². The van der Waals surface area contributed by atoms with Gasteiger partial charge in [0.25, 0.3) is 0 Å². The van der Waals surface area contributed by atoms with Gasteiger partial charge in [-0.25, -0.2) is 0 Å². The Kier molecular flexibility index (Phi) is 5.01. The summed E-state index contributed by atoms with van der Waals surface area (Å²) in [7, 11) is 3.45. The summed E-state index contributed by atoms with van der Waals surface area (Å²) in [4.78, 5) is 2.28. The van der Waals surface area contributed by atoms with E-state index in [-0.39, 0.29) is 12.2 Å². The molecule has 1 aromatic rings. The monoisotopic (exact) mass is 266 g/mol. The van der Waals surface area contributed by atoms with Gasteiger partial charge in [-0.3, -0.25) is 4.90 Å². The molecule has 1 aromatic carbocycles. The molecule has 5 nitrogen and oxygen atoms in total. The van der Waals surface area contributed by atoms with Gasteiger partial charge in [-0.1, -0.05) is 12.1 Å². The highest BCUT2D eigenvalue weighted by Crippen LogP contribution is 2.20. The van der Waals surface area contributed by atoms with Crippen LogP contribution in [0, 0.1) is 0 Å². The number of methoxy groups -OCH3 is 2. The van der Waals surface area contributed by atoms with Crippen molar-refractivity contribution < 1.29 is 14.2 Å². The number of hydrogen-bond acceptors (Lipinski definition) is 5. The van der Waals surface area contributed by atoms with Crippen molar-refractivity contribution in [2.75, 3.05) is 46.2 Å². The number of nitrogens with zero attached hydrogens (tertiary/aromatic N) is 1. The van der Waals surface area contributed by atoms with Gasteiger partial charge < -0.3 is 19.9 Å². The highest BCUT2D eigenvalue weighted by atomic mass is 16.5. The number of para-hydroxylation sites is 2. The standard InChI is InChI=1S/C14H22N2O3/c1-17-13-9-16(10-14(13)18-2)7-8-19-12-6-4-3-5-11(12)15/h3-6,13-14H,7-10,15H2,1-2H3. The molecule has 2 rings (SSSR count). The summed E-state index contributed by atoms with van der Waals surface area (Å²) in [6, 6.07) is 7.54. The summed E-state index contributed by atoms with van der Waals surface area (Å²) >= 11 is 0. The van der Waals surface area contributed by atoms with Crippen molar-refractivity contribution in [2.24, 2.45) is 0 Å². The first-order valence-electron chi connectivity index (χ1n) is 6.50. The minimum absolute atomic E-state index is 0.145. The van der Waals surface area contributed by atoms with E-state index in [0.717, 1.165) is 25.4 Å². The van der Waals surface area contributed by atoms with Crippen LogP contribution < -0.4 is 10.5 Å². The van der Waals surface area contributed by atoms with Crippen molar-refractivity contribution in [1.29, 1.82) is 0 Å². The van der Waals surface area contributed by atoms with Crippen molar-refractivity contribution in [3.63, 3.8) is 0 Å². The van der Waals surface area contributed by atoms with Gasteiger partial charge in [0.1, 0.15) is 12.4 Å². The van der Waals surface area contributed by atoms with Crippen LogP contribution in [-0.2, 0) is 9.47 Å². The molecule has 19 heavy (non-hydrogen) atoms. The molecule has 0 radical (unpaired) electrons. The Balaban J connectivity index is 1.76. The van der Waals surface area contributed by atoms with E-state index in [2.05, 4.69) is 4.90 Å². The molecule has 2 atom stereocenters. The Morgan fingerprint density at radius 2 is 1.79 bits per heavy atom. The minimum atomic E-state index is 0.145. The molecule has 0 saturated carbocycles. The largest absolute Gasteiger partial charge is 0.490 e. The molecule has 1 heterocycles. The second kappa shape index (κ2) is 6.75. The van der Waals surface area contributed by atoms with Crippen LogP contribution in [0.3, 0.4) is 0 Å². The SMILES string of the molecule is COC1CN(CCOc2ccccc2N)CC1OC. The van der Waals surface area contributed by atoms with Gasteiger partial charge in [0.2, 0.25) is 0 Å². The number of benzene rings is 1. The molecular formula is C14H22N2O3. The van der Waals surface area contributed by atoms with Crippen LogP contribution in [0.25, 0.3) is 0 Å². The number of nitrogens with two attached hydrogens (primary N) is 1. The van der Waals surface area contributed by atoms with Crippen LogP contribution in [0.1, 0.15) is 0 Å². The lowest BCUT2D eigenvalue weighted by Gasteiger charge is -2.16. The van der Waals surface area contributed by atoms with Gasteiger partial charge in [-0.05, 0) is 12.1 Å². The van der Waals surface area contributed by atoms with Crippen molar-refractivity contribution in [3.05, 3.63) is 24.3 Å². The van der Waals surface area contributed by atoms with E-state index < -0.39 is 0 Å². The third-order valence-corrected chi connectivity index (χ3v) is 3.48. The van der Waals surface area contributed by atoms with Crippen LogP contribution in [0.15, 0.2) is 24.3 Å². The lowest BCUT2D eigenvalue weighted by molar-refractivity contribution is -0.00461. The number of nitrogen functional groups attached to an aromatic ring is 1. The fourth-order valence-electron chi connectivity index (χ4n) is 2.35. The topological polar surface area (TPSA) is 57.0 Å². The maximum atomic E-state index is 5.82. The molecule has 2 unspecified atom stereocenters. The molecule has 0 aromatic heterocycles. The third kappa shape index (κ3) is 3.59. The molecule has 1 aliphatic heterocycles. The van der Waals surface area contributed by atoms with Gasteiger partial charge >= 0.3 is 0 Å². The van der Waals surface area contributed by atoms with E-state index in [9.17, 15) is 0 Å². The number of hydrogen-bond donors (Lipinski definition) is 1. The first-order valence-corrected chi connectivity index (χ1v) is 6.50. The summed E-state index contributed by atoms with van der Waals surface area (Å²) in [5.74, 6) is 0.744. The molecular weight excluding hydrogens is 244 g/mol. The molecule has 0 amide bonds. The number of likely N-dealkylation sites (tertiary alicyclic amines) is 1. The Morgan fingerprint density at radius 1 is 1.16 bits per heavy atom. The quantitative estimate of drug-likeness (QED) is 0.778. The van der Waals surface area contributed by atoms with E-state index in [1.165, 1.54) is 0 Å². The van der Waals surface area contributed by atoms with E-state index in [0.29, 0.717) is 12.3 Å². The van der Waals surface area contributed by atoms with Crippen LogP contribution in [-0.4, -0.2) is 57.6 Å². The maximum Gasteiger partial charge on any atom is 0.142 e. The van der Waals surface area contributed by atoms with Gasteiger partial charge in [0, 0.05) is 33.9 Å². The first kappa shape index (κ1) is 14.1. The normalized spacial score (nSPS) is 23.7. The van der Waals surface area contributed by atoms with Crippen molar-refractivity contribution in [1.82, 2.24) is 4.90 Å². The van der Waals surface area contributed by atoms with E-state index in [1.54, 1.807) is 14.2 Å². The highest BCUT2D eigenvalue weighted by molar-refractivity contribution is 5.51. The van der Waals surface area contributed by atoms with Crippen molar-refractivity contribution in [2.45, 2.75) is 12.2 Å². The van der Waals surface area contributed by atoms with Crippen LogP contribution in [0.5, 0.6) is 5.75 Å². The number of rotatable bonds is 6. The lowest BCUT2D eigenvalue weighted by atomic mass is 10.3. The first-order chi connectivity index (χ1) is 9.24. The highest BCUT2D eigenvalue weighted by Gasteiger charge is 2.32. The van der Waals surface area contributed by atoms with Crippen LogP contribution in [0.2, 0.25) is 0 Å². The summed E-state index contributed by atoms with van der Waals surface area (Å²) in [5, 5.41) is 0. The third-order valence-electron chi connectivity index (χ3n) is 3.48. The van der Waals surface area contributed by atoms with Gasteiger partial charge in [0.15, 0.2) is 0 Å².